The van der Waals surface area contributed by atoms with E-state index < -0.39 is 5.91 Å². The Balaban J connectivity index is 1.72. The molecule has 1 amide bonds. The summed E-state index contributed by atoms with van der Waals surface area (Å²) in [7, 11) is 0. The highest BCUT2D eigenvalue weighted by Crippen LogP contribution is 2.25. The molecule has 3 aromatic rings. The van der Waals surface area contributed by atoms with E-state index in [9.17, 15) is 4.79 Å². The van der Waals surface area contributed by atoms with Crippen LogP contribution in [0, 0.1) is 0 Å². The van der Waals surface area contributed by atoms with Gasteiger partial charge < -0.3 is 11.1 Å². The van der Waals surface area contributed by atoms with E-state index in [1.54, 1.807) is 30.6 Å². The summed E-state index contributed by atoms with van der Waals surface area (Å²) in [6.07, 6.45) is 4.58. The Bertz CT molecular complexity index is 937. The van der Waals surface area contributed by atoms with Gasteiger partial charge in [0, 0.05) is 23.1 Å². The van der Waals surface area contributed by atoms with Crippen molar-refractivity contribution in [3.8, 4) is 0 Å². The van der Waals surface area contributed by atoms with E-state index in [2.05, 4.69) is 31.1 Å². The van der Waals surface area contributed by atoms with Crippen molar-refractivity contribution >= 4 is 52.1 Å². The van der Waals surface area contributed by atoms with Gasteiger partial charge in [0.15, 0.2) is 11.6 Å². The Labute approximate surface area is 158 Å². The van der Waals surface area contributed by atoms with E-state index >= 15 is 0 Å². The molecule has 1 aromatic carbocycles. The maximum Gasteiger partial charge on any atom is 0.271 e. The van der Waals surface area contributed by atoms with Crippen LogP contribution in [0.4, 0.5) is 23.0 Å². The number of carbonyl (C=O) groups excluding carboxylic acids is 1. The van der Waals surface area contributed by atoms with E-state index in [-0.39, 0.29) is 22.1 Å². The molecule has 0 radical (unpaired) electrons. The average Bonchev–Trinajstić information content (AvgIpc) is 2.63. The summed E-state index contributed by atoms with van der Waals surface area (Å²) < 4.78 is 0. The van der Waals surface area contributed by atoms with Gasteiger partial charge in [0.05, 0.1) is 10.6 Å². The van der Waals surface area contributed by atoms with Gasteiger partial charge in [0.1, 0.15) is 12.0 Å². The van der Waals surface area contributed by atoms with E-state index in [0.29, 0.717) is 10.8 Å². The van der Waals surface area contributed by atoms with E-state index in [1.807, 2.05) is 0 Å². The summed E-state index contributed by atoms with van der Waals surface area (Å²) in [6, 6.07) is 8.09. The molecule has 26 heavy (non-hydrogen) atoms. The van der Waals surface area contributed by atoms with Crippen LogP contribution in [-0.4, -0.2) is 20.9 Å². The Hall–Kier alpha value is -3.10. The predicted molar refractivity (Wildman–Crippen MR) is 102 cm³/mol. The summed E-state index contributed by atoms with van der Waals surface area (Å²) >= 11 is 11.8. The second-order valence-corrected chi connectivity index (χ2v) is 5.89. The number of anilines is 4. The summed E-state index contributed by atoms with van der Waals surface area (Å²) in [5, 5.41) is 3.71. The Morgan fingerprint density at radius 1 is 1.04 bits per heavy atom. The standard InChI is InChI=1S/C16H13Cl2N7O/c17-9-1-2-11(12(18)7-9)16(26)25-24-15-13(19)14(21-8-22-15)23-10-3-5-20-6-4-10/h1-8H,19H2,(H,25,26)(H2,20,21,22,23,24). The van der Waals surface area contributed by atoms with Gasteiger partial charge >= 0.3 is 0 Å². The van der Waals surface area contributed by atoms with E-state index in [1.165, 1.54) is 18.5 Å². The van der Waals surface area contributed by atoms with Crippen molar-refractivity contribution in [1.82, 2.24) is 20.4 Å². The molecule has 0 atom stereocenters. The minimum Gasteiger partial charge on any atom is -0.393 e. The fraction of sp³-hybridized carbons (Fsp3) is 0. The van der Waals surface area contributed by atoms with Crippen LogP contribution in [0.2, 0.25) is 10.0 Å². The monoisotopic (exact) mass is 389 g/mol. The first-order valence-corrected chi connectivity index (χ1v) is 8.09. The summed E-state index contributed by atoms with van der Waals surface area (Å²) in [5.74, 6) is 0.149. The largest absolute Gasteiger partial charge is 0.393 e. The number of nitrogen functional groups attached to an aromatic ring is 1. The van der Waals surface area contributed by atoms with Crippen molar-refractivity contribution < 1.29 is 4.79 Å². The van der Waals surface area contributed by atoms with Gasteiger partial charge in [0.2, 0.25) is 0 Å². The molecule has 0 saturated carbocycles. The van der Waals surface area contributed by atoms with Crippen LogP contribution in [0.15, 0.2) is 49.1 Å². The quantitative estimate of drug-likeness (QED) is 0.494. The van der Waals surface area contributed by atoms with Crippen LogP contribution < -0.4 is 21.9 Å². The maximum atomic E-state index is 12.2. The molecule has 0 aliphatic heterocycles. The minimum atomic E-state index is -0.465. The third-order valence-electron chi connectivity index (χ3n) is 3.30. The summed E-state index contributed by atoms with van der Waals surface area (Å²) in [4.78, 5) is 24.3. The number of amides is 1. The number of nitrogens with two attached hydrogens (primary N) is 1. The van der Waals surface area contributed by atoms with Crippen molar-refractivity contribution in [3.05, 3.63) is 64.7 Å². The van der Waals surface area contributed by atoms with Gasteiger partial charge in [-0.3, -0.25) is 20.6 Å². The van der Waals surface area contributed by atoms with Crippen molar-refractivity contribution in [2.75, 3.05) is 16.5 Å². The molecule has 3 rings (SSSR count). The molecule has 0 saturated heterocycles. The highest BCUT2D eigenvalue weighted by Gasteiger charge is 2.13. The Morgan fingerprint density at radius 2 is 1.77 bits per heavy atom. The highest BCUT2D eigenvalue weighted by molar-refractivity contribution is 6.36. The fourth-order valence-corrected chi connectivity index (χ4v) is 2.52. The molecular formula is C16H13Cl2N7O. The normalized spacial score (nSPS) is 10.2. The second kappa shape index (κ2) is 7.85. The molecule has 5 N–H and O–H groups in total. The molecule has 0 aliphatic carbocycles. The van der Waals surface area contributed by atoms with Crippen molar-refractivity contribution in [3.63, 3.8) is 0 Å². The Kier molecular flexibility index (Phi) is 5.35. The number of carbonyl (C=O) groups is 1. The zero-order chi connectivity index (χ0) is 18.5. The smallest absolute Gasteiger partial charge is 0.271 e. The number of aromatic nitrogens is 3. The van der Waals surface area contributed by atoms with Crippen LogP contribution in [0.25, 0.3) is 0 Å². The molecule has 0 spiro atoms. The lowest BCUT2D eigenvalue weighted by atomic mass is 10.2. The second-order valence-electron chi connectivity index (χ2n) is 5.05. The van der Waals surface area contributed by atoms with Gasteiger partial charge in [-0.15, -0.1) is 0 Å². The van der Waals surface area contributed by atoms with Gasteiger partial charge in [-0.05, 0) is 30.3 Å². The molecule has 2 heterocycles. The lowest BCUT2D eigenvalue weighted by Gasteiger charge is -2.13. The number of benzene rings is 1. The zero-order valence-electron chi connectivity index (χ0n) is 13.2. The van der Waals surface area contributed by atoms with Gasteiger partial charge in [-0.25, -0.2) is 9.97 Å². The van der Waals surface area contributed by atoms with Crippen LogP contribution in [0.1, 0.15) is 10.4 Å². The third-order valence-corrected chi connectivity index (χ3v) is 3.84. The number of hydrazine groups is 1. The van der Waals surface area contributed by atoms with Gasteiger partial charge in [0.25, 0.3) is 5.91 Å². The highest BCUT2D eigenvalue weighted by atomic mass is 35.5. The molecule has 0 bridgehead atoms. The molecule has 8 nitrogen and oxygen atoms in total. The van der Waals surface area contributed by atoms with Gasteiger partial charge in [-0.1, -0.05) is 23.2 Å². The predicted octanol–water partition coefficient (Wildman–Crippen LogP) is 3.26. The first-order chi connectivity index (χ1) is 12.5. The molecule has 132 valence electrons. The number of pyridine rings is 1. The molecule has 10 heteroatoms. The molecule has 0 fully saturated rings. The number of nitrogens with zero attached hydrogens (tertiary/aromatic N) is 3. The lowest BCUT2D eigenvalue weighted by Crippen LogP contribution is -2.30. The average molecular weight is 390 g/mol. The maximum absolute atomic E-state index is 12.2. The third kappa shape index (κ3) is 4.11. The lowest BCUT2D eigenvalue weighted by molar-refractivity contribution is 0.0962. The topological polar surface area (TPSA) is 118 Å². The van der Waals surface area contributed by atoms with Crippen LogP contribution >= 0.6 is 23.2 Å². The molecule has 0 aliphatic rings. The minimum absolute atomic E-state index is 0.229. The first kappa shape index (κ1) is 17.7. The van der Waals surface area contributed by atoms with Crippen LogP contribution in [0.5, 0.6) is 0 Å². The summed E-state index contributed by atoms with van der Waals surface area (Å²) in [6.45, 7) is 0. The molecular weight excluding hydrogens is 377 g/mol. The number of halogens is 2. The van der Waals surface area contributed by atoms with Gasteiger partial charge in [-0.2, -0.15) is 0 Å². The number of hydrogen-bond donors (Lipinski definition) is 4. The van der Waals surface area contributed by atoms with E-state index in [0.717, 1.165) is 5.69 Å². The molecule has 2 aromatic heterocycles. The van der Waals surface area contributed by atoms with Crippen molar-refractivity contribution in [1.29, 1.82) is 0 Å². The SMILES string of the molecule is Nc1c(NNC(=O)c2ccc(Cl)cc2Cl)ncnc1Nc1ccncc1. The van der Waals surface area contributed by atoms with Crippen LogP contribution in [0.3, 0.4) is 0 Å². The summed E-state index contributed by atoms with van der Waals surface area (Å²) in [5.41, 5.74) is 12.4. The van der Waals surface area contributed by atoms with Crippen LogP contribution in [-0.2, 0) is 0 Å². The number of nitrogens with one attached hydrogen (secondary N) is 3. The van der Waals surface area contributed by atoms with Crippen molar-refractivity contribution in [2.24, 2.45) is 0 Å². The van der Waals surface area contributed by atoms with Crippen molar-refractivity contribution in [2.45, 2.75) is 0 Å². The first-order valence-electron chi connectivity index (χ1n) is 7.33. The molecule has 0 unspecified atom stereocenters. The number of rotatable bonds is 5. The number of hydrogen-bond acceptors (Lipinski definition) is 7. The van der Waals surface area contributed by atoms with E-state index in [4.69, 9.17) is 28.9 Å². The zero-order valence-corrected chi connectivity index (χ0v) is 14.7. The fourth-order valence-electron chi connectivity index (χ4n) is 2.02. The Morgan fingerprint density at radius 3 is 2.50 bits per heavy atom.